The predicted molar refractivity (Wildman–Crippen MR) is 130 cm³/mol. The van der Waals surface area contributed by atoms with Crippen molar-refractivity contribution in [3.63, 3.8) is 0 Å². The molecule has 0 bridgehead atoms. The maximum atomic E-state index is 13.9. The van der Waals surface area contributed by atoms with Gasteiger partial charge in [0.25, 0.3) is 0 Å². The molecule has 5 nitrogen and oxygen atoms in total. The van der Waals surface area contributed by atoms with Crippen LogP contribution in [0.1, 0.15) is 82.7 Å². The summed E-state index contributed by atoms with van der Waals surface area (Å²) >= 11 is 0. The Morgan fingerprint density at radius 3 is 2.62 bits per heavy atom. The minimum Gasteiger partial charge on any atom is -0.481 e. The molecule has 5 aliphatic carbocycles. The fourth-order valence-electron chi connectivity index (χ4n) is 9.56. The Hall–Kier alpha value is -1.91. The number of carbonyl (C=O) groups is 2. The third-order valence-corrected chi connectivity index (χ3v) is 10.8. The van der Waals surface area contributed by atoms with Gasteiger partial charge in [-0.25, -0.2) is 0 Å². The summed E-state index contributed by atoms with van der Waals surface area (Å²) in [5, 5.41) is 15.0. The second-order valence-corrected chi connectivity index (χ2v) is 12.2. The van der Waals surface area contributed by atoms with Crippen LogP contribution in [0.4, 0.5) is 0 Å². The Labute approximate surface area is 203 Å². The zero-order valence-corrected chi connectivity index (χ0v) is 20.7. The van der Waals surface area contributed by atoms with Crippen LogP contribution in [0, 0.1) is 60.2 Å². The molecule has 4 fully saturated rings. The van der Waals surface area contributed by atoms with E-state index in [9.17, 15) is 14.7 Å². The van der Waals surface area contributed by atoms with Gasteiger partial charge in [-0.15, -0.1) is 0 Å². The van der Waals surface area contributed by atoms with Crippen molar-refractivity contribution in [2.24, 2.45) is 53.3 Å². The van der Waals surface area contributed by atoms with Gasteiger partial charge in [0.1, 0.15) is 0 Å². The molecule has 4 saturated carbocycles. The second kappa shape index (κ2) is 8.64. The van der Waals surface area contributed by atoms with Crippen molar-refractivity contribution in [2.75, 3.05) is 0 Å². The monoisotopic (exact) mass is 464 g/mol. The molecule has 10 unspecified atom stereocenters. The van der Waals surface area contributed by atoms with Crippen molar-refractivity contribution in [1.29, 1.82) is 0 Å². The molecule has 0 amide bonds. The van der Waals surface area contributed by atoms with Crippen LogP contribution in [0.3, 0.4) is 0 Å². The summed E-state index contributed by atoms with van der Waals surface area (Å²) in [7, 11) is 0. The summed E-state index contributed by atoms with van der Waals surface area (Å²) in [5.74, 6) is 2.29. The van der Waals surface area contributed by atoms with Crippen molar-refractivity contribution in [3.8, 4) is 0 Å². The summed E-state index contributed by atoms with van der Waals surface area (Å²) in [6.45, 7) is 4.25. The minimum atomic E-state index is -0.705. The molecule has 5 heteroatoms. The van der Waals surface area contributed by atoms with E-state index in [1.807, 2.05) is 24.0 Å². The smallest absolute Gasteiger partial charge is 0.308 e. The lowest BCUT2D eigenvalue weighted by molar-refractivity contribution is -0.159. The number of carboxylic acids is 1. The molecule has 6 rings (SSSR count). The zero-order chi connectivity index (χ0) is 23.6. The summed E-state index contributed by atoms with van der Waals surface area (Å²) in [6, 6.07) is -0.114. The van der Waals surface area contributed by atoms with E-state index in [-0.39, 0.29) is 23.8 Å². The summed E-state index contributed by atoms with van der Waals surface area (Å²) in [6.07, 6.45) is 17.6. The fraction of sp³-hybridized carbons (Fsp3) is 0.759. The molecule has 0 spiro atoms. The average molecular weight is 465 g/mol. The Bertz CT molecular complexity index is 995. The number of aliphatic carboxylic acids is 1. The van der Waals surface area contributed by atoms with E-state index in [1.165, 1.54) is 44.1 Å². The number of aryl methyl sites for hydroxylation is 1. The van der Waals surface area contributed by atoms with Gasteiger partial charge in [0.05, 0.1) is 18.2 Å². The summed E-state index contributed by atoms with van der Waals surface area (Å²) in [5.41, 5.74) is 2.57. The predicted octanol–water partition coefficient (Wildman–Crippen LogP) is 5.85. The van der Waals surface area contributed by atoms with Crippen LogP contribution in [-0.4, -0.2) is 26.6 Å². The molecule has 1 heterocycles. The van der Waals surface area contributed by atoms with E-state index in [2.05, 4.69) is 18.1 Å². The number of rotatable bonds is 3. The van der Waals surface area contributed by atoms with Gasteiger partial charge < -0.3 is 5.11 Å². The quantitative estimate of drug-likeness (QED) is 0.609. The number of nitrogens with zero attached hydrogens (tertiary/aromatic N) is 2. The third-order valence-electron chi connectivity index (χ3n) is 10.8. The number of carboxylic acid groups (broad SMARTS) is 1. The number of ketones is 1. The van der Waals surface area contributed by atoms with Gasteiger partial charge in [0.15, 0.2) is 5.78 Å². The van der Waals surface area contributed by atoms with E-state index in [0.717, 1.165) is 37.2 Å². The van der Waals surface area contributed by atoms with E-state index in [1.54, 1.807) is 0 Å². The van der Waals surface area contributed by atoms with Gasteiger partial charge in [-0.05, 0) is 105 Å². The van der Waals surface area contributed by atoms with Crippen LogP contribution in [0.25, 0.3) is 0 Å². The molecule has 1 N–H and O–H groups in total. The summed E-state index contributed by atoms with van der Waals surface area (Å²) < 4.78 is 1.92. The van der Waals surface area contributed by atoms with Crippen LogP contribution >= 0.6 is 0 Å². The Balaban J connectivity index is 1.36. The molecule has 0 aromatic carbocycles. The number of hydrogen-bond acceptors (Lipinski definition) is 3. The standard InChI is InChI=1S/C29H40N2O3/c1-3-17-12-24(31-15-16(2)14-30-31)27(29(33)34)22-11-10-21-20-9-8-18-6-4-5-7-19(18)23(20)13-25(32)28(21)26(17)22/h13-15,17-22,24,26-28H,3-12H2,1-2H3,(H,33,34). The molecule has 1 aromatic rings. The van der Waals surface area contributed by atoms with Crippen LogP contribution in [0.5, 0.6) is 0 Å². The second-order valence-electron chi connectivity index (χ2n) is 12.2. The van der Waals surface area contributed by atoms with E-state index < -0.39 is 11.9 Å². The van der Waals surface area contributed by atoms with Crippen molar-refractivity contribution in [2.45, 2.75) is 84.1 Å². The van der Waals surface area contributed by atoms with E-state index in [0.29, 0.717) is 29.5 Å². The first kappa shape index (κ1) is 22.5. The van der Waals surface area contributed by atoms with E-state index in [4.69, 9.17) is 0 Å². The number of hydrogen-bond donors (Lipinski definition) is 1. The molecule has 0 radical (unpaired) electrons. The van der Waals surface area contributed by atoms with Crippen molar-refractivity contribution in [3.05, 3.63) is 29.6 Å². The van der Waals surface area contributed by atoms with Gasteiger partial charge in [-0.2, -0.15) is 5.10 Å². The van der Waals surface area contributed by atoms with Crippen molar-refractivity contribution in [1.82, 2.24) is 9.78 Å². The molecule has 10 atom stereocenters. The highest BCUT2D eigenvalue weighted by Gasteiger charge is 2.58. The highest BCUT2D eigenvalue weighted by molar-refractivity contribution is 5.94. The van der Waals surface area contributed by atoms with Crippen LogP contribution in [-0.2, 0) is 9.59 Å². The van der Waals surface area contributed by atoms with Crippen LogP contribution in [0.15, 0.2) is 24.0 Å². The van der Waals surface area contributed by atoms with Crippen LogP contribution in [0.2, 0.25) is 0 Å². The number of fused-ring (bicyclic) bond motifs is 7. The SMILES string of the molecule is CCC1CC(n2cc(C)cn2)C(C(=O)O)C2CCC3C4CCC5CCCCC5C4=CC(=O)C3C12. The maximum absolute atomic E-state index is 13.9. The first-order valence-electron chi connectivity index (χ1n) is 14.0. The molecule has 184 valence electrons. The molecular weight excluding hydrogens is 424 g/mol. The molecular formula is C29H40N2O3. The van der Waals surface area contributed by atoms with Gasteiger partial charge in [-0.3, -0.25) is 14.3 Å². The lowest BCUT2D eigenvalue weighted by Crippen LogP contribution is -2.55. The number of allylic oxidation sites excluding steroid dienone is 2. The fourth-order valence-corrected chi connectivity index (χ4v) is 9.56. The van der Waals surface area contributed by atoms with Gasteiger partial charge in [-0.1, -0.05) is 31.8 Å². The van der Waals surface area contributed by atoms with Gasteiger partial charge in [0, 0.05) is 12.1 Å². The topological polar surface area (TPSA) is 72.2 Å². The molecule has 5 aliphatic rings. The van der Waals surface area contributed by atoms with Gasteiger partial charge >= 0.3 is 5.97 Å². The Morgan fingerprint density at radius 2 is 1.88 bits per heavy atom. The summed E-state index contributed by atoms with van der Waals surface area (Å²) in [4.78, 5) is 26.5. The average Bonchev–Trinajstić information content (AvgIpc) is 3.28. The number of aromatic nitrogens is 2. The third kappa shape index (κ3) is 3.44. The minimum absolute atomic E-state index is 0.0275. The molecule has 0 aliphatic heterocycles. The Kier molecular flexibility index (Phi) is 5.73. The largest absolute Gasteiger partial charge is 0.481 e. The lowest BCUT2D eigenvalue weighted by atomic mass is 9.47. The normalized spacial score (nSPS) is 43.7. The first-order chi connectivity index (χ1) is 16.5. The highest BCUT2D eigenvalue weighted by atomic mass is 16.4. The highest BCUT2D eigenvalue weighted by Crippen LogP contribution is 2.61. The molecule has 1 aromatic heterocycles. The first-order valence-corrected chi connectivity index (χ1v) is 14.0. The van der Waals surface area contributed by atoms with Gasteiger partial charge in [0.2, 0.25) is 0 Å². The maximum Gasteiger partial charge on any atom is 0.308 e. The lowest BCUT2D eigenvalue weighted by Gasteiger charge is -2.57. The number of carbonyl (C=O) groups excluding carboxylic acids is 1. The Morgan fingerprint density at radius 1 is 1.09 bits per heavy atom. The van der Waals surface area contributed by atoms with Crippen molar-refractivity contribution >= 4 is 11.8 Å². The van der Waals surface area contributed by atoms with Crippen molar-refractivity contribution < 1.29 is 14.7 Å². The van der Waals surface area contributed by atoms with E-state index >= 15 is 0 Å². The molecule has 34 heavy (non-hydrogen) atoms. The van der Waals surface area contributed by atoms with Crippen LogP contribution < -0.4 is 0 Å². The zero-order valence-electron chi connectivity index (χ0n) is 20.7. The molecule has 0 saturated heterocycles.